The molecule has 2 N–H and O–H groups in total. The molecular weight excluding hydrogens is 236 g/mol. The first-order valence-electron chi connectivity index (χ1n) is 5.52. The number of hydrogen-bond acceptors (Lipinski definition) is 3. The second-order valence-electron chi connectivity index (χ2n) is 4.42. The van der Waals surface area contributed by atoms with Crippen LogP contribution in [0.1, 0.15) is 30.9 Å². The summed E-state index contributed by atoms with van der Waals surface area (Å²) in [7, 11) is 0. The number of anilines is 1. The number of rotatable bonds is 2. The molecule has 0 atom stereocenters. The van der Waals surface area contributed by atoms with E-state index in [1.807, 2.05) is 25.1 Å². The second kappa shape index (κ2) is 4.41. The minimum atomic E-state index is 0.259. The zero-order valence-electron chi connectivity index (χ0n) is 10.1. The highest BCUT2D eigenvalue weighted by molar-refractivity contribution is 6.30. The van der Waals surface area contributed by atoms with Gasteiger partial charge < -0.3 is 10.3 Å². The quantitative estimate of drug-likeness (QED) is 0.876. The SMILES string of the molecule is Cc1ccc(Cl)cc1-c1onc(N)c1C(C)C. The maximum Gasteiger partial charge on any atom is 0.172 e. The summed E-state index contributed by atoms with van der Waals surface area (Å²) in [5.41, 5.74) is 8.81. The van der Waals surface area contributed by atoms with Gasteiger partial charge in [0.05, 0.1) is 0 Å². The molecule has 0 aliphatic heterocycles. The Morgan fingerprint density at radius 1 is 1.35 bits per heavy atom. The molecular formula is C13H15ClN2O. The van der Waals surface area contributed by atoms with E-state index in [2.05, 4.69) is 19.0 Å². The zero-order chi connectivity index (χ0) is 12.6. The highest BCUT2D eigenvalue weighted by atomic mass is 35.5. The van der Waals surface area contributed by atoms with Crippen molar-refractivity contribution < 1.29 is 4.52 Å². The van der Waals surface area contributed by atoms with E-state index in [-0.39, 0.29) is 5.92 Å². The standard InChI is InChI=1S/C13H15ClN2O/c1-7(2)11-12(17-16-13(11)15)10-6-9(14)5-4-8(10)3/h4-7H,1-3H3,(H2,15,16). The number of nitrogens with two attached hydrogens (primary N) is 1. The van der Waals surface area contributed by atoms with Gasteiger partial charge in [-0.15, -0.1) is 0 Å². The van der Waals surface area contributed by atoms with Crippen LogP contribution in [0, 0.1) is 6.92 Å². The third-order valence-corrected chi connectivity index (χ3v) is 3.01. The number of hydrogen-bond donors (Lipinski definition) is 1. The second-order valence-corrected chi connectivity index (χ2v) is 4.86. The number of aromatic nitrogens is 1. The van der Waals surface area contributed by atoms with E-state index < -0.39 is 0 Å². The van der Waals surface area contributed by atoms with Crippen LogP contribution in [0.25, 0.3) is 11.3 Å². The van der Waals surface area contributed by atoms with Crippen LogP contribution in [0.5, 0.6) is 0 Å². The fraction of sp³-hybridized carbons (Fsp3) is 0.308. The molecule has 0 saturated carbocycles. The van der Waals surface area contributed by atoms with E-state index in [0.29, 0.717) is 10.8 Å². The molecule has 0 saturated heterocycles. The summed E-state index contributed by atoms with van der Waals surface area (Å²) in [6, 6.07) is 5.69. The van der Waals surface area contributed by atoms with Crippen LogP contribution in [-0.4, -0.2) is 5.16 Å². The lowest BCUT2D eigenvalue weighted by Gasteiger charge is -2.08. The van der Waals surface area contributed by atoms with Gasteiger partial charge in [-0.2, -0.15) is 0 Å². The predicted molar refractivity (Wildman–Crippen MR) is 70.2 cm³/mol. The Morgan fingerprint density at radius 2 is 2.06 bits per heavy atom. The third-order valence-electron chi connectivity index (χ3n) is 2.78. The van der Waals surface area contributed by atoms with Crippen molar-refractivity contribution in [2.24, 2.45) is 0 Å². The summed E-state index contributed by atoms with van der Waals surface area (Å²) in [6.07, 6.45) is 0. The largest absolute Gasteiger partial charge is 0.381 e. The number of halogens is 1. The van der Waals surface area contributed by atoms with Crippen molar-refractivity contribution in [1.29, 1.82) is 0 Å². The Balaban J connectivity index is 2.64. The average molecular weight is 251 g/mol. The Bertz CT molecular complexity index is 546. The lowest BCUT2D eigenvalue weighted by Crippen LogP contribution is -1.95. The van der Waals surface area contributed by atoms with Gasteiger partial charge in [-0.1, -0.05) is 36.7 Å². The van der Waals surface area contributed by atoms with Crippen molar-refractivity contribution in [3.63, 3.8) is 0 Å². The van der Waals surface area contributed by atoms with Gasteiger partial charge in [-0.05, 0) is 30.5 Å². The summed E-state index contributed by atoms with van der Waals surface area (Å²) < 4.78 is 5.34. The first-order chi connectivity index (χ1) is 8.00. The smallest absolute Gasteiger partial charge is 0.172 e. The average Bonchev–Trinajstić information content (AvgIpc) is 2.64. The van der Waals surface area contributed by atoms with E-state index >= 15 is 0 Å². The molecule has 90 valence electrons. The van der Waals surface area contributed by atoms with Gasteiger partial charge in [0, 0.05) is 16.1 Å². The van der Waals surface area contributed by atoms with Crippen LogP contribution < -0.4 is 5.73 Å². The van der Waals surface area contributed by atoms with Crippen molar-refractivity contribution in [3.8, 4) is 11.3 Å². The Morgan fingerprint density at radius 3 is 2.71 bits per heavy atom. The molecule has 4 heteroatoms. The minimum Gasteiger partial charge on any atom is -0.381 e. The molecule has 17 heavy (non-hydrogen) atoms. The number of benzene rings is 1. The first-order valence-corrected chi connectivity index (χ1v) is 5.90. The van der Waals surface area contributed by atoms with E-state index in [1.54, 1.807) is 0 Å². The number of aryl methyl sites for hydroxylation is 1. The summed E-state index contributed by atoms with van der Waals surface area (Å²) in [6.45, 7) is 6.13. The summed E-state index contributed by atoms with van der Waals surface area (Å²) >= 11 is 6.01. The maximum absolute atomic E-state index is 6.01. The highest BCUT2D eigenvalue weighted by Crippen LogP contribution is 2.36. The Kier molecular flexibility index (Phi) is 3.11. The van der Waals surface area contributed by atoms with Gasteiger partial charge in [0.15, 0.2) is 11.6 Å². The molecule has 0 amide bonds. The number of nitrogen functional groups attached to an aromatic ring is 1. The molecule has 0 fully saturated rings. The zero-order valence-corrected chi connectivity index (χ0v) is 10.9. The van der Waals surface area contributed by atoms with Crippen LogP contribution in [-0.2, 0) is 0 Å². The van der Waals surface area contributed by atoms with Gasteiger partial charge in [-0.3, -0.25) is 0 Å². The molecule has 0 aliphatic rings. The Labute approximate surface area is 106 Å². The molecule has 1 aromatic heterocycles. The molecule has 2 aromatic rings. The van der Waals surface area contributed by atoms with Crippen molar-refractivity contribution in [1.82, 2.24) is 5.16 Å². The van der Waals surface area contributed by atoms with Crippen LogP contribution in [0.2, 0.25) is 5.02 Å². The van der Waals surface area contributed by atoms with Crippen molar-refractivity contribution >= 4 is 17.4 Å². The lowest BCUT2D eigenvalue weighted by atomic mass is 9.97. The van der Waals surface area contributed by atoms with E-state index in [0.717, 1.165) is 22.5 Å². The lowest BCUT2D eigenvalue weighted by molar-refractivity contribution is 0.434. The predicted octanol–water partition coefficient (Wildman–Crippen LogP) is 4.01. The molecule has 0 aliphatic carbocycles. The third kappa shape index (κ3) is 2.15. The molecule has 1 aromatic carbocycles. The van der Waals surface area contributed by atoms with Gasteiger partial charge in [0.1, 0.15) is 0 Å². The van der Waals surface area contributed by atoms with Crippen LogP contribution >= 0.6 is 11.6 Å². The molecule has 3 nitrogen and oxygen atoms in total. The van der Waals surface area contributed by atoms with E-state index in [4.69, 9.17) is 21.9 Å². The molecule has 0 radical (unpaired) electrons. The molecule has 0 bridgehead atoms. The fourth-order valence-corrected chi connectivity index (χ4v) is 2.07. The van der Waals surface area contributed by atoms with Crippen molar-refractivity contribution in [3.05, 3.63) is 34.3 Å². The normalized spacial score (nSPS) is 11.1. The maximum atomic E-state index is 6.01. The van der Waals surface area contributed by atoms with Crippen LogP contribution in [0.15, 0.2) is 22.7 Å². The highest BCUT2D eigenvalue weighted by Gasteiger charge is 2.19. The molecule has 0 unspecified atom stereocenters. The van der Waals surface area contributed by atoms with Gasteiger partial charge in [0.25, 0.3) is 0 Å². The minimum absolute atomic E-state index is 0.259. The van der Waals surface area contributed by atoms with Gasteiger partial charge in [0.2, 0.25) is 0 Å². The number of nitrogens with zero attached hydrogens (tertiary/aromatic N) is 1. The molecule has 1 heterocycles. The van der Waals surface area contributed by atoms with Crippen LogP contribution in [0.4, 0.5) is 5.82 Å². The fourth-order valence-electron chi connectivity index (χ4n) is 1.90. The molecule has 0 spiro atoms. The monoisotopic (exact) mass is 250 g/mol. The Hall–Kier alpha value is -1.48. The van der Waals surface area contributed by atoms with Crippen molar-refractivity contribution in [2.45, 2.75) is 26.7 Å². The molecule has 2 rings (SSSR count). The van der Waals surface area contributed by atoms with Crippen LogP contribution in [0.3, 0.4) is 0 Å². The topological polar surface area (TPSA) is 52.0 Å². The van der Waals surface area contributed by atoms with E-state index in [1.165, 1.54) is 0 Å². The first kappa shape index (κ1) is 12.0. The van der Waals surface area contributed by atoms with E-state index in [9.17, 15) is 0 Å². The summed E-state index contributed by atoms with van der Waals surface area (Å²) in [4.78, 5) is 0. The van der Waals surface area contributed by atoms with Crippen molar-refractivity contribution in [2.75, 3.05) is 5.73 Å². The summed E-state index contributed by atoms with van der Waals surface area (Å²) in [5, 5.41) is 4.52. The van der Waals surface area contributed by atoms with Gasteiger partial charge in [-0.25, -0.2) is 0 Å². The summed E-state index contributed by atoms with van der Waals surface area (Å²) in [5.74, 6) is 1.43. The van der Waals surface area contributed by atoms with Gasteiger partial charge >= 0.3 is 0 Å².